The summed E-state index contributed by atoms with van der Waals surface area (Å²) in [4.78, 5) is 0. The van der Waals surface area contributed by atoms with E-state index in [1.54, 1.807) is 0 Å². The minimum Gasteiger partial charge on any atom is -0.392 e. The molecule has 126 valence electrons. The van der Waals surface area contributed by atoms with E-state index in [4.69, 9.17) is 0 Å². The van der Waals surface area contributed by atoms with Crippen LogP contribution in [0, 0.1) is 45.3 Å². The normalized spacial score (nSPS) is 61.1. The molecule has 0 heterocycles. The summed E-state index contributed by atoms with van der Waals surface area (Å²) in [5.74, 6) is 1.75. The zero-order chi connectivity index (χ0) is 16.3. The standard InChI is InChI=1S/C20H34O2/c1-17(2)11-7-9-19(17,5)15(21)13(11)14-12-8-10-20(6,16(14)22)18(12,3)4/h11-16,21-22H,7-10H2,1-6H3/t11-,12-,13+,14+,15-,16-,19+,20+/m1/s1. The van der Waals surface area contributed by atoms with Crippen LogP contribution in [-0.2, 0) is 0 Å². The van der Waals surface area contributed by atoms with Crippen molar-refractivity contribution in [2.45, 2.75) is 79.4 Å². The average Bonchev–Trinajstić information content (AvgIpc) is 2.90. The van der Waals surface area contributed by atoms with Crippen LogP contribution in [-0.4, -0.2) is 22.4 Å². The van der Waals surface area contributed by atoms with E-state index >= 15 is 0 Å². The Labute approximate surface area is 135 Å². The first-order valence-electron chi connectivity index (χ1n) is 9.36. The van der Waals surface area contributed by atoms with Crippen molar-refractivity contribution < 1.29 is 10.2 Å². The highest BCUT2D eigenvalue weighted by molar-refractivity contribution is 5.22. The number of hydrogen-bond acceptors (Lipinski definition) is 2. The van der Waals surface area contributed by atoms with E-state index in [1.807, 2.05) is 0 Å². The quantitative estimate of drug-likeness (QED) is 0.772. The van der Waals surface area contributed by atoms with E-state index in [1.165, 1.54) is 12.8 Å². The summed E-state index contributed by atoms with van der Waals surface area (Å²) in [6.45, 7) is 14.0. The molecule has 4 bridgehead atoms. The van der Waals surface area contributed by atoms with Crippen molar-refractivity contribution in [1.29, 1.82) is 0 Å². The number of hydrogen-bond donors (Lipinski definition) is 2. The Bertz CT molecular complexity index is 464. The molecule has 0 amide bonds. The Kier molecular flexibility index (Phi) is 2.76. The molecule has 0 radical (unpaired) electrons. The van der Waals surface area contributed by atoms with Gasteiger partial charge in [-0.1, -0.05) is 41.5 Å². The lowest BCUT2D eigenvalue weighted by molar-refractivity contribution is -0.0788. The summed E-state index contributed by atoms with van der Waals surface area (Å²) in [6, 6.07) is 0. The third-order valence-corrected chi connectivity index (χ3v) is 10.2. The van der Waals surface area contributed by atoms with Gasteiger partial charge in [-0.15, -0.1) is 0 Å². The van der Waals surface area contributed by atoms with Crippen molar-refractivity contribution in [3.8, 4) is 0 Å². The summed E-state index contributed by atoms with van der Waals surface area (Å²) >= 11 is 0. The van der Waals surface area contributed by atoms with Crippen LogP contribution in [0.25, 0.3) is 0 Å². The molecule has 4 fully saturated rings. The molecule has 8 atom stereocenters. The van der Waals surface area contributed by atoms with Crippen molar-refractivity contribution in [1.82, 2.24) is 0 Å². The van der Waals surface area contributed by atoms with Gasteiger partial charge in [0.1, 0.15) is 0 Å². The number of rotatable bonds is 1. The van der Waals surface area contributed by atoms with E-state index in [0.717, 1.165) is 12.8 Å². The van der Waals surface area contributed by atoms with Crippen molar-refractivity contribution in [3.05, 3.63) is 0 Å². The number of aliphatic hydroxyl groups is 2. The molecule has 2 heteroatoms. The van der Waals surface area contributed by atoms with E-state index in [0.29, 0.717) is 23.7 Å². The molecule has 0 spiro atoms. The maximum Gasteiger partial charge on any atom is 0.0633 e. The lowest BCUT2D eigenvalue weighted by atomic mass is 9.66. The molecule has 2 N–H and O–H groups in total. The lowest BCUT2D eigenvalue weighted by Crippen LogP contribution is -2.46. The predicted octanol–water partition coefficient (Wildman–Crippen LogP) is 3.85. The van der Waals surface area contributed by atoms with Crippen LogP contribution >= 0.6 is 0 Å². The van der Waals surface area contributed by atoms with E-state index in [9.17, 15) is 10.2 Å². The third kappa shape index (κ3) is 1.30. The molecule has 4 aliphatic carbocycles. The molecule has 0 unspecified atom stereocenters. The minimum atomic E-state index is -0.236. The fourth-order valence-electron chi connectivity index (χ4n) is 7.78. The Hall–Kier alpha value is -0.0800. The maximum absolute atomic E-state index is 11.2. The van der Waals surface area contributed by atoms with Gasteiger partial charge < -0.3 is 10.2 Å². The van der Waals surface area contributed by atoms with Gasteiger partial charge in [-0.2, -0.15) is 0 Å². The molecule has 22 heavy (non-hydrogen) atoms. The molecule has 0 aromatic heterocycles. The van der Waals surface area contributed by atoms with Gasteiger partial charge >= 0.3 is 0 Å². The van der Waals surface area contributed by atoms with E-state index in [-0.39, 0.29) is 33.9 Å². The van der Waals surface area contributed by atoms with E-state index < -0.39 is 0 Å². The Morgan fingerprint density at radius 1 is 0.636 bits per heavy atom. The lowest BCUT2D eigenvalue weighted by Gasteiger charge is -2.43. The monoisotopic (exact) mass is 306 g/mol. The third-order valence-electron chi connectivity index (χ3n) is 10.2. The molecule has 4 rings (SSSR count). The first-order chi connectivity index (χ1) is 10.00. The van der Waals surface area contributed by atoms with Gasteiger partial charge in [0.15, 0.2) is 0 Å². The van der Waals surface area contributed by atoms with Crippen molar-refractivity contribution in [2.75, 3.05) is 0 Å². The topological polar surface area (TPSA) is 40.5 Å². The van der Waals surface area contributed by atoms with Crippen molar-refractivity contribution in [2.24, 2.45) is 45.3 Å². The van der Waals surface area contributed by atoms with E-state index in [2.05, 4.69) is 41.5 Å². The van der Waals surface area contributed by atoms with Gasteiger partial charge in [-0.05, 0) is 71.0 Å². The summed E-state index contributed by atoms with van der Waals surface area (Å²) in [6.07, 6.45) is 4.29. The minimum absolute atomic E-state index is 0.0366. The Morgan fingerprint density at radius 2 is 0.955 bits per heavy atom. The van der Waals surface area contributed by atoms with Crippen LogP contribution in [0.2, 0.25) is 0 Å². The highest BCUT2D eigenvalue weighted by atomic mass is 16.3. The first-order valence-corrected chi connectivity index (χ1v) is 9.36. The molecule has 2 nitrogen and oxygen atoms in total. The maximum atomic E-state index is 11.2. The fraction of sp³-hybridized carbons (Fsp3) is 1.00. The second kappa shape index (κ2) is 3.94. The van der Waals surface area contributed by atoms with Gasteiger partial charge in [0.05, 0.1) is 12.2 Å². The van der Waals surface area contributed by atoms with Crippen LogP contribution in [0.1, 0.15) is 67.2 Å². The number of aliphatic hydroxyl groups excluding tert-OH is 2. The molecular weight excluding hydrogens is 272 g/mol. The molecule has 4 saturated carbocycles. The summed E-state index contributed by atoms with van der Waals surface area (Å²) in [7, 11) is 0. The van der Waals surface area contributed by atoms with Crippen molar-refractivity contribution >= 4 is 0 Å². The Morgan fingerprint density at radius 3 is 1.18 bits per heavy atom. The zero-order valence-electron chi connectivity index (χ0n) is 15.2. The van der Waals surface area contributed by atoms with Gasteiger partial charge in [0, 0.05) is 0 Å². The van der Waals surface area contributed by atoms with Crippen LogP contribution in [0.3, 0.4) is 0 Å². The summed E-state index contributed by atoms with van der Waals surface area (Å²) in [5.41, 5.74) is 0.469. The van der Waals surface area contributed by atoms with Crippen LogP contribution in [0.4, 0.5) is 0 Å². The van der Waals surface area contributed by atoms with Gasteiger partial charge in [0.25, 0.3) is 0 Å². The van der Waals surface area contributed by atoms with Crippen molar-refractivity contribution in [3.63, 3.8) is 0 Å². The zero-order valence-corrected chi connectivity index (χ0v) is 15.2. The molecule has 0 saturated heterocycles. The number of fused-ring (bicyclic) bond motifs is 4. The second-order valence-corrected chi connectivity index (χ2v) is 10.6. The summed E-state index contributed by atoms with van der Waals surface area (Å²) in [5, 5.41) is 22.4. The fourth-order valence-corrected chi connectivity index (χ4v) is 7.78. The van der Waals surface area contributed by atoms with Gasteiger partial charge in [0.2, 0.25) is 0 Å². The first kappa shape index (κ1) is 15.4. The molecule has 0 aromatic rings. The highest BCUT2D eigenvalue weighted by Crippen LogP contribution is 2.75. The van der Waals surface area contributed by atoms with Gasteiger partial charge in [-0.25, -0.2) is 0 Å². The average molecular weight is 306 g/mol. The summed E-state index contributed by atoms with van der Waals surface area (Å²) < 4.78 is 0. The molecule has 4 aliphatic rings. The largest absolute Gasteiger partial charge is 0.392 e. The molecule has 0 aliphatic heterocycles. The molecule has 0 aromatic carbocycles. The van der Waals surface area contributed by atoms with Crippen LogP contribution in [0.5, 0.6) is 0 Å². The SMILES string of the molecule is CC1(C)[C@@H]2CC[C@@]1(C)[C@H](O)[C@@H]2[C@@H]1[C@H]2CC[C@@](C)([C@@H]1O)C2(C)C. The predicted molar refractivity (Wildman–Crippen MR) is 88.2 cm³/mol. The molecular formula is C20H34O2. The van der Waals surface area contributed by atoms with Gasteiger partial charge in [-0.3, -0.25) is 0 Å². The smallest absolute Gasteiger partial charge is 0.0633 e. The Balaban J connectivity index is 1.76. The van der Waals surface area contributed by atoms with Crippen LogP contribution < -0.4 is 0 Å². The van der Waals surface area contributed by atoms with Crippen LogP contribution in [0.15, 0.2) is 0 Å². The highest BCUT2D eigenvalue weighted by Gasteiger charge is 2.74. The second-order valence-electron chi connectivity index (χ2n) is 10.6.